The molecule has 5 rings (SSSR count). The molecular weight excluding hydrogens is 338 g/mol. The van der Waals surface area contributed by atoms with Crippen LogP contribution in [-0.2, 0) is 14.9 Å². The van der Waals surface area contributed by atoms with E-state index in [1.807, 2.05) is 29.2 Å². The Hall–Kier alpha value is -1.10. The number of nitrogens with zero attached hydrogens (tertiary/aromatic N) is 1. The first kappa shape index (κ1) is 16.1. The molecule has 1 saturated carbocycles. The van der Waals surface area contributed by atoms with Crippen molar-refractivity contribution in [2.75, 3.05) is 19.7 Å². The third kappa shape index (κ3) is 2.11. The molecule has 4 aliphatic rings. The molecule has 134 valence electrons. The zero-order valence-corrected chi connectivity index (χ0v) is 15.0. The lowest BCUT2D eigenvalue weighted by Gasteiger charge is -2.43. The van der Waals surface area contributed by atoms with Crippen molar-refractivity contribution >= 4 is 17.5 Å². The SMILES string of the molecule is O=C(N1C[C@@H]2[C@H](CO)[C@H]3CC[C@]2(C1)O3)C1(c2ccc(Cl)cc2)CCC1. The first-order valence-electron chi connectivity index (χ1n) is 9.42. The number of fused-ring (bicyclic) bond motifs is 1. The number of carbonyl (C=O) groups is 1. The lowest BCUT2D eigenvalue weighted by molar-refractivity contribution is -0.141. The van der Waals surface area contributed by atoms with E-state index in [2.05, 4.69) is 0 Å². The minimum absolute atomic E-state index is 0.168. The Labute approximate surface area is 153 Å². The van der Waals surface area contributed by atoms with Crippen molar-refractivity contribution in [3.8, 4) is 0 Å². The van der Waals surface area contributed by atoms with Crippen LogP contribution >= 0.6 is 11.6 Å². The number of halogens is 1. The van der Waals surface area contributed by atoms with E-state index < -0.39 is 0 Å². The van der Waals surface area contributed by atoms with Crippen LogP contribution in [0.1, 0.15) is 37.7 Å². The monoisotopic (exact) mass is 361 g/mol. The van der Waals surface area contributed by atoms with E-state index in [0.717, 1.165) is 44.2 Å². The number of aliphatic hydroxyl groups is 1. The second kappa shape index (κ2) is 5.45. The Morgan fingerprint density at radius 1 is 1.28 bits per heavy atom. The molecule has 0 aromatic heterocycles. The molecule has 1 aromatic rings. The van der Waals surface area contributed by atoms with Gasteiger partial charge in [-0.05, 0) is 43.4 Å². The highest BCUT2D eigenvalue weighted by Crippen LogP contribution is 2.56. The van der Waals surface area contributed by atoms with Gasteiger partial charge in [0.05, 0.1) is 23.7 Å². The maximum Gasteiger partial charge on any atom is 0.233 e. The molecule has 1 spiro atoms. The molecule has 1 N–H and O–H groups in total. The number of benzene rings is 1. The summed E-state index contributed by atoms with van der Waals surface area (Å²) in [6.07, 6.45) is 5.15. The van der Waals surface area contributed by atoms with Gasteiger partial charge in [-0.1, -0.05) is 30.2 Å². The molecule has 1 amide bonds. The average Bonchev–Trinajstić information content (AvgIpc) is 3.22. The highest BCUT2D eigenvalue weighted by atomic mass is 35.5. The Balaban J connectivity index is 1.42. The van der Waals surface area contributed by atoms with Crippen LogP contribution in [0.4, 0.5) is 0 Å². The summed E-state index contributed by atoms with van der Waals surface area (Å²) in [5.41, 5.74) is 0.511. The first-order valence-corrected chi connectivity index (χ1v) is 9.80. The number of hydrogen-bond acceptors (Lipinski definition) is 3. The smallest absolute Gasteiger partial charge is 0.233 e. The molecule has 3 aliphatic heterocycles. The van der Waals surface area contributed by atoms with Crippen molar-refractivity contribution in [1.82, 2.24) is 4.90 Å². The van der Waals surface area contributed by atoms with Crippen LogP contribution in [0.5, 0.6) is 0 Å². The summed E-state index contributed by atoms with van der Waals surface area (Å²) in [4.78, 5) is 15.5. The largest absolute Gasteiger partial charge is 0.396 e. The highest BCUT2D eigenvalue weighted by molar-refractivity contribution is 6.30. The third-order valence-electron chi connectivity index (χ3n) is 7.30. The minimum atomic E-state index is -0.382. The summed E-state index contributed by atoms with van der Waals surface area (Å²) in [6.45, 7) is 1.59. The van der Waals surface area contributed by atoms with Crippen LogP contribution in [0.3, 0.4) is 0 Å². The highest BCUT2D eigenvalue weighted by Gasteiger charge is 2.64. The number of amides is 1. The third-order valence-corrected chi connectivity index (χ3v) is 7.55. The number of aliphatic hydroxyl groups excluding tert-OH is 1. The van der Waals surface area contributed by atoms with Crippen molar-refractivity contribution in [2.45, 2.75) is 49.2 Å². The van der Waals surface area contributed by atoms with Crippen LogP contribution in [0.15, 0.2) is 24.3 Å². The van der Waals surface area contributed by atoms with Crippen LogP contribution in [0.2, 0.25) is 5.02 Å². The predicted molar refractivity (Wildman–Crippen MR) is 94.5 cm³/mol. The van der Waals surface area contributed by atoms with Gasteiger partial charge in [0.1, 0.15) is 0 Å². The van der Waals surface area contributed by atoms with E-state index in [9.17, 15) is 9.90 Å². The van der Waals surface area contributed by atoms with E-state index >= 15 is 0 Å². The molecule has 1 aliphatic carbocycles. The maximum atomic E-state index is 13.5. The second-order valence-corrected chi connectivity index (χ2v) is 8.78. The van der Waals surface area contributed by atoms with Crippen LogP contribution in [0, 0.1) is 11.8 Å². The van der Waals surface area contributed by atoms with Gasteiger partial charge in [-0.2, -0.15) is 0 Å². The lowest BCUT2D eigenvalue weighted by Crippen LogP contribution is -2.51. The minimum Gasteiger partial charge on any atom is -0.396 e. The van der Waals surface area contributed by atoms with Gasteiger partial charge in [-0.3, -0.25) is 4.79 Å². The molecule has 25 heavy (non-hydrogen) atoms. The van der Waals surface area contributed by atoms with Crippen LogP contribution in [-0.4, -0.2) is 47.3 Å². The lowest BCUT2D eigenvalue weighted by atomic mass is 9.63. The summed E-state index contributed by atoms with van der Waals surface area (Å²) >= 11 is 6.03. The van der Waals surface area contributed by atoms with E-state index in [4.69, 9.17) is 16.3 Å². The van der Waals surface area contributed by atoms with Gasteiger partial charge in [0, 0.05) is 30.0 Å². The number of hydrogen-bond donors (Lipinski definition) is 1. The molecule has 1 aromatic carbocycles. The summed E-state index contributed by atoms with van der Waals surface area (Å²) in [7, 11) is 0. The van der Waals surface area contributed by atoms with Gasteiger partial charge < -0.3 is 14.7 Å². The van der Waals surface area contributed by atoms with Crippen LogP contribution < -0.4 is 0 Å². The summed E-state index contributed by atoms with van der Waals surface area (Å²) in [6, 6.07) is 7.78. The maximum absolute atomic E-state index is 13.5. The van der Waals surface area contributed by atoms with Crippen LogP contribution in [0.25, 0.3) is 0 Å². The van der Waals surface area contributed by atoms with E-state index in [0.29, 0.717) is 17.5 Å². The molecular formula is C20H24ClNO3. The summed E-state index contributed by atoms with van der Waals surface area (Å²) in [5.74, 6) is 0.732. The van der Waals surface area contributed by atoms with Gasteiger partial charge in [0.15, 0.2) is 0 Å². The van der Waals surface area contributed by atoms with Gasteiger partial charge >= 0.3 is 0 Å². The van der Waals surface area contributed by atoms with Crippen molar-refractivity contribution in [3.63, 3.8) is 0 Å². The number of carbonyl (C=O) groups excluding carboxylic acids is 1. The van der Waals surface area contributed by atoms with E-state index in [1.165, 1.54) is 0 Å². The molecule has 4 nitrogen and oxygen atoms in total. The number of rotatable bonds is 3. The topological polar surface area (TPSA) is 49.8 Å². The van der Waals surface area contributed by atoms with Crippen molar-refractivity contribution in [1.29, 1.82) is 0 Å². The Bertz CT molecular complexity index is 701. The fourth-order valence-corrected chi connectivity index (χ4v) is 5.94. The quantitative estimate of drug-likeness (QED) is 0.900. The van der Waals surface area contributed by atoms with Gasteiger partial charge in [-0.15, -0.1) is 0 Å². The molecule has 0 radical (unpaired) electrons. The van der Waals surface area contributed by atoms with Gasteiger partial charge in [0.25, 0.3) is 0 Å². The number of ether oxygens (including phenoxy) is 1. The molecule has 4 atom stereocenters. The second-order valence-electron chi connectivity index (χ2n) is 8.34. The molecule has 3 heterocycles. The van der Waals surface area contributed by atoms with E-state index in [-0.39, 0.29) is 35.6 Å². The number of likely N-dealkylation sites (tertiary alicyclic amines) is 1. The Morgan fingerprint density at radius 3 is 2.68 bits per heavy atom. The van der Waals surface area contributed by atoms with Gasteiger partial charge in [-0.25, -0.2) is 0 Å². The summed E-state index contributed by atoms with van der Waals surface area (Å²) in [5, 5.41) is 10.5. The zero-order chi connectivity index (χ0) is 17.2. The van der Waals surface area contributed by atoms with Crippen molar-refractivity contribution in [3.05, 3.63) is 34.9 Å². The molecule has 2 bridgehead atoms. The molecule has 0 unspecified atom stereocenters. The Morgan fingerprint density at radius 2 is 2.04 bits per heavy atom. The van der Waals surface area contributed by atoms with E-state index in [1.54, 1.807) is 0 Å². The fourth-order valence-electron chi connectivity index (χ4n) is 5.82. The molecule has 5 heteroatoms. The standard InChI is InChI=1S/C20H24ClNO3/c21-14-4-2-13(3-5-14)19(7-1-8-19)18(24)22-10-16-15(11-23)17-6-9-20(16,12-22)25-17/h2-5,15-17,23H,1,6-12H2/t15-,16+,17+,20+/m0/s1. The van der Waals surface area contributed by atoms with Gasteiger partial charge in [0.2, 0.25) is 5.91 Å². The first-order chi connectivity index (χ1) is 12.1. The fraction of sp³-hybridized carbons (Fsp3) is 0.650. The average molecular weight is 362 g/mol. The predicted octanol–water partition coefficient (Wildman–Crippen LogP) is 2.76. The van der Waals surface area contributed by atoms with Crippen molar-refractivity contribution < 1.29 is 14.6 Å². The Kier molecular flexibility index (Phi) is 3.51. The van der Waals surface area contributed by atoms with Crippen molar-refractivity contribution in [2.24, 2.45) is 11.8 Å². The zero-order valence-electron chi connectivity index (χ0n) is 14.3. The summed E-state index contributed by atoms with van der Waals surface area (Å²) < 4.78 is 6.28. The molecule has 4 fully saturated rings. The molecule has 3 saturated heterocycles. The normalized spacial score (nSPS) is 37.8.